The first-order valence-corrected chi connectivity index (χ1v) is 7.42. The number of halogens is 2. The van der Waals surface area contributed by atoms with Crippen molar-refractivity contribution in [1.82, 2.24) is 15.1 Å². The Hall–Kier alpha value is -2.12. The number of rotatable bonds is 4. The predicted octanol–water partition coefficient (Wildman–Crippen LogP) is 1.93. The van der Waals surface area contributed by atoms with E-state index < -0.39 is 5.82 Å². The Morgan fingerprint density at radius 2 is 2.25 bits per heavy atom. The first-order valence-electron chi connectivity index (χ1n) is 7.42. The minimum Gasteiger partial charge on any atom is -0.494 e. The van der Waals surface area contributed by atoms with Crippen LogP contribution in [0.25, 0.3) is 0 Å². The molecule has 2 N–H and O–H groups in total. The Kier molecular flexibility index (Phi) is 5.80. The summed E-state index contributed by atoms with van der Waals surface area (Å²) in [5.74, 6) is -0.637. The monoisotopic (exact) mass is 354 g/mol. The second-order valence-electron chi connectivity index (χ2n) is 5.66. The fourth-order valence-electron chi connectivity index (χ4n) is 2.92. The van der Waals surface area contributed by atoms with Gasteiger partial charge >= 0.3 is 0 Å². The number of ether oxygens (including phenoxy) is 1. The van der Waals surface area contributed by atoms with E-state index in [9.17, 15) is 9.18 Å². The minimum atomic E-state index is -0.501. The first-order chi connectivity index (χ1) is 11.1. The van der Waals surface area contributed by atoms with Crippen LogP contribution in [0.4, 0.5) is 10.1 Å². The maximum absolute atomic E-state index is 13.7. The number of nitrogens with zero attached hydrogens (tertiary/aromatic N) is 2. The molecule has 0 aliphatic carbocycles. The number of carbonyl (C=O) groups is 1. The van der Waals surface area contributed by atoms with Crippen LogP contribution in [-0.2, 0) is 11.8 Å². The minimum absolute atomic E-state index is 0. The second-order valence-corrected chi connectivity index (χ2v) is 5.66. The number of aryl methyl sites for hydroxylation is 1. The van der Waals surface area contributed by atoms with Crippen LogP contribution in [-0.4, -0.2) is 35.9 Å². The third-order valence-corrected chi connectivity index (χ3v) is 4.12. The summed E-state index contributed by atoms with van der Waals surface area (Å²) in [5, 5.41) is 10.2. The van der Waals surface area contributed by atoms with Gasteiger partial charge in [0.15, 0.2) is 11.6 Å². The number of hydrogen-bond donors (Lipinski definition) is 2. The van der Waals surface area contributed by atoms with Crippen molar-refractivity contribution in [1.29, 1.82) is 0 Å². The number of nitrogens with one attached hydrogen (secondary N) is 2. The van der Waals surface area contributed by atoms with Crippen molar-refractivity contribution in [2.75, 3.05) is 25.5 Å². The van der Waals surface area contributed by atoms with Crippen LogP contribution in [0.3, 0.4) is 0 Å². The van der Waals surface area contributed by atoms with Crippen molar-refractivity contribution in [2.45, 2.75) is 5.92 Å². The standard InChI is InChI=1S/C16H19FN4O2.ClH/c1-21-9-10(6-19-21)12-7-18-8-13(12)16(22)20-11-3-4-15(23-2)14(17)5-11;/h3-6,9,12-13,18H,7-8H2,1-2H3,(H,20,22);1H/t12-,13+;/m1./s1. The normalized spacial score (nSPS) is 19.6. The summed E-state index contributed by atoms with van der Waals surface area (Å²) in [6.07, 6.45) is 3.70. The lowest BCUT2D eigenvalue weighted by atomic mass is 9.90. The van der Waals surface area contributed by atoms with E-state index in [1.54, 1.807) is 16.9 Å². The fourth-order valence-corrected chi connectivity index (χ4v) is 2.92. The zero-order chi connectivity index (χ0) is 16.4. The molecule has 0 bridgehead atoms. The highest BCUT2D eigenvalue weighted by atomic mass is 35.5. The number of hydrogen-bond acceptors (Lipinski definition) is 4. The molecule has 1 aliphatic heterocycles. The van der Waals surface area contributed by atoms with Crippen LogP contribution < -0.4 is 15.4 Å². The van der Waals surface area contributed by atoms with Crippen LogP contribution in [0, 0.1) is 11.7 Å². The maximum Gasteiger partial charge on any atom is 0.229 e. The molecule has 3 rings (SSSR count). The molecule has 8 heteroatoms. The molecule has 0 radical (unpaired) electrons. The van der Waals surface area contributed by atoms with Gasteiger partial charge in [-0.15, -0.1) is 12.4 Å². The Labute approximate surface area is 145 Å². The Morgan fingerprint density at radius 1 is 1.46 bits per heavy atom. The summed E-state index contributed by atoms with van der Waals surface area (Å²) in [7, 11) is 3.25. The van der Waals surface area contributed by atoms with Gasteiger partial charge in [-0.3, -0.25) is 9.48 Å². The lowest BCUT2D eigenvalue weighted by Crippen LogP contribution is -2.28. The van der Waals surface area contributed by atoms with E-state index >= 15 is 0 Å². The summed E-state index contributed by atoms with van der Waals surface area (Å²) in [4.78, 5) is 12.5. The summed E-state index contributed by atoms with van der Waals surface area (Å²) in [6.45, 7) is 1.31. The Morgan fingerprint density at radius 3 is 2.88 bits per heavy atom. The van der Waals surface area contributed by atoms with Crippen molar-refractivity contribution in [3.8, 4) is 5.75 Å². The van der Waals surface area contributed by atoms with E-state index in [-0.39, 0.29) is 35.9 Å². The molecule has 0 unspecified atom stereocenters. The Balaban J connectivity index is 0.00000208. The molecule has 6 nitrogen and oxygen atoms in total. The molecule has 1 saturated heterocycles. The van der Waals surface area contributed by atoms with Crippen molar-refractivity contribution >= 4 is 24.0 Å². The molecular formula is C16H20ClFN4O2. The highest BCUT2D eigenvalue weighted by Gasteiger charge is 2.34. The van der Waals surface area contributed by atoms with Crippen LogP contribution in [0.1, 0.15) is 11.5 Å². The maximum atomic E-state index is 13.7. The number of methoxy groups -OCH3 is 1. The lowest BCUT2D eigenvalue weighted by molar-refractivity contribution is -0.119. The molecule has 24 heavy (non-hydrogen) atoms. The number of benzene rings is 1. The Bertz CT molecular complexity index is 722. The molecule has 0 spiro atoms. The molecule has 1 amide bonds. The van der Waals surface area contributed by atoms with Gasteiger partial charge in [0.25, 0.3) is 0 Å². The van der Waals surface area contributed by atoms with Crippen LogP contribution >= 0.6 is 12.4 Å². The summed E-state index contributed by atoms with van der Waals surface area (Å²) >= 11 is 0. The van der Waals surface area contributed by atoms with E-state index in [0.717, 1.165) is 12.1 Å². The van der Waals surface area contributed by atoms with Crippen molar-refractivity contribution in [3.05, 3.63) is 42.0 Å². The molecule has 1 aromatic heterocycles. The average Bonchev–Trinajstić information content (AvgIpc) is 3.15. The average molecular weight is 355 g/mol. The second kappa shape index (κ2) is 7.63. The van der Waals surface area contributed by atoms with Gasteiger partial charge in [0.1, 0.15) is 0 Å². The molecule has 2 aromatic rings. The van der Waals surface area contributed by atoms with Crippen LogP contribution in [0.2, 0.25) is 0 Å². The quantitative estimate of drug-likeness (QED) is 0.880. The number of anilines is 1. The smallest absolute Gasteiger partial charge is 0.229 e. The van der Waals surface area contributed by atoms with Gasteiger partial charge in [0, 0.05) is 44.0 Å². The zero-order valence-electron chi connectivity index (χ0n) is 13.5. The van der Waals surface area contributed by atoms with E-state index in [2.05, 4.69) is 15.7 Å². The number of amides is 1. The molecule has 2 heterocycles. The van der Waals surface area contributed by atoms with Gasteiger partial charge in [-0.25, -0.2) is 4.39 Å². The third-order valence-electron chi connectivity index (χ3n) is 4.12. The largest absolute Gasteiger partial charge is 0.494 e. The van der Waals surface area contributed by atoms with Crippen molar-refractivity contribution in [2.24, 2.45) is 13.0 Å². The van der Waals surface area contributed by atoms with Crippen molar-refractivity contribution < 1.29 is 13.9 Å². The zero-order valence-corrected chi connectivity index (χ0v) is 14.3. The highest BCUT2D eigenvalue weighted by Crippen LogP contribution is 2.29. The van der Waals surface area contributed by atoms with Gasteiger partial charge in [0.2, 0.25) is 5.91 Å². The van der Waals surface area contributed by atoms with Crippen LogP contribution in [0.5, 0.6) is 5.75 Å². The summed E-state index contributed by atoms with van der Waals surface area (Å²) < 4.78 is 20.3. The van der Waals surface area contributed by atoms with Gasteiger partial charge in [-0.2, -0.15) is 5.10 Å². The molecule has 2 atom stereocenters. The van der Waals surface area contributed by atoms with E-state index in [4.69, 9.17) is 4.74 Å². The van der Waals surface area contributed by atoms with Gasteiger partial charge in [-0.1, -0.05) is 0 Å². The third kappa shape index (κ3) is 3.68. The topological polar surface area (TPSA) is 68.2 Å². The molecule has 130 valence electrons. The van der Waals surface area contributed by atoms with E-state index in [1.807, 2.05) is 13.2 Å². The van der Waals surface area contributed by atoms with Gasteiger partial charge in [-0.05, 0) is 17.7 Å². The summed E-state index contributed by atoms with van der Waals surface area (Å²) in [6, 6.07) is 4.38. The fraction of sp³-hybridized carbons (Fsp3) is 0.375. The molecule has 1 fully saturated rings. The highest BCUT2D eigenvalue weighted by molar-refractivity contribution is 5.93. The van der Waals surface area contributed by atoms with Crippen LogP contribution in [0.15, 0.2) is 30.6 Å². The van der Waals surface area contributed by atoms with Crippen molar-refractivity contribution in [3.63, 3.8) is 0 Å². The SMILES string of the molecule is COc1ccc(NC(=O)[C@H]2CNC[C@@H]2c2cnn(C)c2)cc1F.Cl. The molecule has 1 aliphatic rings. The molecule has 1 aromatic carbocycles. The molecule has 0 saturated carbocycles. The summed E-state index contributed by atoms with van der Waals surface area (Å²) in [5.41, 5.74) is 1.45. The van der Waals surface area contributed by atoms with Gasteiger partial charge < -0.3 is 15.4 Å². The number of aromatic nitrogens is 2. The molecular weight excluding hydrogens is 335 g/mol. The van der Waals surface area contributed by atoms with E-state index in [0.29, 0.717) is 12.2 Å². The lowest BCUT2D eigenvalue weighted by Gasteiger charge is -2.17. The number of carbonyl (C=O) groups excluding carboxylic acids is 1. The van der Waals surface area contributed by atoms with Gasteiger partial charge in [0.05, 0.1) is 19.2 Å². The predicted molar refractivity (Wildman–Crippen MR) is 91.1 cm³/mol. The first kappa shape index (κ1) is 18.2. The van der Waals surface area contributed by atoms with E-state index in [1.165, 1.54) is 19.2 Å².